The predicted molar refractivity (Wildman–Crippen MR) is 135 cm³/mol. The highest BCUT2D eigenvalue weighted by molar-refractivity contribution is 9.10. The lowest BCUT2D eigenvalue weighted by Gasteiger charge is -2.31. The maximum Gasteiger partial charge on any atom is 0.244 e. The van der Waals surface area contributed by atoms with Crippen molar-refractivity contribution in [3.8, 4) is 0 Å². The Morgan fingerprint density at radius 2 is 1.85 bits per heavy atom. The molecule has 7 nitrogen and oxygen atoms in total. The van der Waals surface area contributed by atoms with Crippen molar-refractivity contribution >= 4 is 43.5 Å². The van der Waals surface area contributed by atoms with Crippen LogP contribution in [0.4, 0.5) is 10.1 Å². The number of hydrogen-bond donors (Lipinski definition) is 1. The molecule has 186 valence electrons. The van der Waals surface area contributed by atoms with Crippen molar-refractivity contribution in [3.63, 3.8) is 0 Å². The number of unbranched alkanes of at least 4 members (excludes halogenated alkanes) is 1. The second-order valence-corrected chi connectivity index (χ2v) is 10.9. The molecular formula is C24H31BrFN3O4S. The van der Waals surface area contributed by atoms with E-state index in [0.717, 1.165) is 33.4 Å². The van der Waals surface area contributed by atoms with E-state index in [1.165, 1.54) is 23.1 Å². The van der Waals surface area contributed by atoms with Crippen molar-refractivity contribution in [1.82, 2.24) is 10.2 Å². The van der Waals surface area contributed by atoms with Crippen LogP contribution < -0.4 is 9.62 Å². The second kappa shape index (κ2) is 12.3. The normalized spacial score (nSPS) is 12.2. The van der Waals surface area contributed by atoms with E-state index < -0.39 is 34.3 Å². The van der Waals surface area contributed by atoms with Crippen molar-refractivity contribution in [1.29, 1.82) is 0 Å². The average molecular weight is 556 g/mol. The molecule has 0 spiro atoms. The molecule has 0 bridgehead atoms. The highest BCUT2D eigenvalue weighted by Gasteiger charge is 2.30. The zero-order valence-corrected chi connectivity index (χ0v) is 22.2. The van der Waals surface area contributed by atoms with Gasteiger partial charge in [0.25, 0.3) is 0 Å². The molecule has 0 saturated heterocycles. The van der Waals surface area contributed by atoms with Crippen molar-refractivity contribution in [2.45, 2.75) is 46.2 Å². The van der Waals surface area contributed by atoms with Crippen LogP contribution in [0.1, 0.15) is 37.8 Å². The van der Waals surface area contributed by atoms with Gasteiger partial charge in [-0.2, -0.15) is 0 Å². The molecule has 0 aromatic heterocycles. The van der Waals surface area contributed by atoms with Gasteiger partial charge in [0.05, 0.1) is 11.9 Å². The minimum absolute atomic E-state index is 0.176. The Morgan fingerprint density at radius 3 is 2.44 bits per heavy atom. The van der Waals surface area contributed by atoms with Crippen molar-refractivity contribution in [2.75, 3.05) is 23.7 Å². The summed E-state index contributed by atoms with van der Waals surface area (Å²) in [5, 5.41) is 2.78. The molecule has 1 N–H and O–H groups in total. The molecular weight excluding hydrogens is 525 g/mol. The SMILES string of the molecule is CCCCNC(=O)C(C)N(Cc1ccccc1F)C(=O)CN(c1ccc(Br)c(C)c1)S(C)(=O)=O. The molecule has 0 saturated carbocycles. The van der Waals surface area contributed by atoms with Gasteiger partial charge < -0.3 is 10.2 Å². The summed E-state index contributed by atoms with van der Waals surface area (Å²) in [4.78, 5) is 27.4. The van der Waals surface area contributed by atoms with Crippen LogP contribution >= 0.6 is 15.9 Å². The van der Waals surface area contributed by atoms with Gasteiger partial charge in [0.2, 0.25) is 21.8 Å². The number of hydrogen-bond acceptors (Lipinski definition) is 4. The summed E-state index contributed by atoms with van der Waals surface area (Å²) in [6.07, 6.45) is 2.69. The predicted octanol–water partition coefficient (Wildman–Crippen LogP) is 4.00. The minimum atomic E-state index is -3.82. The Morgan fingerprint density at radius 1 is 1.18 bits per heavy atom. The van der Waals surface area contributed by atoms with Crippen molar-refractivity contribution in [3.05, 3.63) is 63.9 Å². The molecule has 0 radical (unpaired) electrons. The maximum absolute atomic E-state index is 14.4. The molecule has 2 amide bonds. The second-order valence-electron chi connectivity index (χ2n) is 8.14. The number of nitrogens with one attached hydrogen (secondary N) is 1. The molecule has 2 aromatic rings. The van der Waals surface area contributed by atoms with Crippen molar-refractivity contribution < 1.29 is 22.4 Å². The number of carbonyl (C=O) groups is 2. The third kappa shape index (κ3) is 7.53. The van der Waals surface area contributed by atoms with Gasteiger partial charge in [0, 0.05) is 23.1 Å². The largest absolute Gasteiger partial charge is 0.354 e. The summed E-state index contributed by atoms with van der Waals surface area (Å²) in [6, 6.07) is 9.99. The Hall–Kier alpha value is -2.46. The third-order valence-electron chi connectivity index (χ3n) is 5.40. The monoisotopic (exact) mass is 555 g/mol. The zero-order chi connectivity index (χ0) is 25.5. The van der Waals surface area contributed by atoms with E-state index in [1.54, 1.807) is 31.2 Å². The maximum atomic E-state index is 14.4. The number of rotatable bonds is 11. The average Bonchev–Trinajstić information content (AvgIpc) is 2.77. The Kier molecular flexibility index (Phi) is 10.1. The molecule has 0 aliphatic rings. The van der Waals surface area contributed by atoms with Crippen LogP contribution in [0, 0.1) is 12.7 Å². The van der Waals surface area contributed by atoms with Crippen molar-refractivity contribution in [2.24, 2.45) is 0 Å². The number of nitrogens with zero attached hydrogens (tertiary/aromatic N) is 2. The van der Waals surface area contributed by atoms with Crippen LogP contribution in [-0.2, 0) is 26.2 Å². The summed E-state index contributed by atoms with van der Waals surface area (Å²) in [7, 11) is -3.82. The molecule has 0 aliphatic carbocycles. The Bertz CT molecular complexity index is 1130. The van der Waals surface area contributed by atoms with E-state index >= 15 is 0 Å². The number of sulfonamides is 1. The third-order valence-corrected chi connectivity index (χ3v) is 7.43. The Balaban J connectivity index is 2.38. The first kappa shape index (κ1) is 27.8. The van der Waals surface area contributed by atoms with Crippen LogP contribution in [-0.4, -0.2) is 50.5 Å². The quantitative estimate of drug-likeness (QED) is 0.424. The smallest absolute Gasteiger partial charge is 0.244 e. The fourth-order valence-electron chi connectivity index (χ4n) is 3.33. The molecule has 0 heterocycles. The molecule has 1 atom stereocenters. The first-order chi connectivity index (χ1) is 16.0. The van der Waals surface area contributed by atoms with E-state index in [1.807, 2.05) is 13.8 Å². The molecule has 2 aromatic carbocycles. The standard InChI is InChI=1S/C24H31BrFN3O4S/c1-5-6-13-27-24(31)18(3)28(15-19-9-7-8-10-22(19)26)23(30)16-29(34(4,32)33)20-11-12-21(25)17(2)14-20/h7-12,14,18H,5-6,13,15-16H2,1-4H3,(H,27,31). The molecule has 0 aliphatic heterocycles. The van der Waals surface area contributed by atoms with Gasteiger partial charge in [-0.1, -0.05) is 47.5 Å². The van der Waals surface area contributed by atoms with Gasteiger partial charge in [0.15, 0.2) is 0 Å². The lowest BCUT2D eigenvalue weighted by atomic mass is 10.1. The fourth-order valence-corrected chi connectivity index (χ4v) is 4.41. The summed E-state index contributed by atoms with van der Waals surface area (Å²) < 4.78 is 41.3. The van der Waals surface area contributed by atoms with Crippen LogP contribution in [0.2, 0.25) is 0 Å². The Labute approximate surface area is 209 Å². The van der Waals surface area contributed by atoms with Gasteiger partial charge >= 0.3 is 0 Å². The topological polar surface area (TPSA) is 86.8 Å². The van der Waals surface area contributed by atoms with Gasteiger partial charge in [-0.25, -0.2) is 12.8 Å². The fraction of sp³-hybridized carbons (Fsp3) is 0.417. The van der Waals surface area contributed by atoms with Gasteiger partial charge in [0.1, 0.15) is 18.4 Å². The van der Waals surface area contributed by atoms with Crippen LogP contribution in [0.3, 0.4) is 0 Å². The summed E-state index contributed by atoms with van der Waals surface area (Å²) in [6.45, 7) is 5.10. The number of benzene rings is 2. The van der Waals surface area contributed by atoms with Crippen LogP contribution in [0.15, 0.2) is 46.9 Å². The van der Waals surface area contributed by atoms with Crippen LogP contribution in [0.5, 0.6) is 0 Å². The van der Waals surface area contributed by atoms with Gasteiger partial charge in [-0.05, 0) is 50.1 Å². The number of anilines is 1. The molecule has 34 heavy (non-hydrogen) atoms. The lowest BCUT2D eigenvalue weighted by molar-refractivity contribution is -0.139. The number of carbonyl (C=O) groups excluding carboxylic acids is 2. The molecule has 1 unspecified atom stereocenters. The summed E-state index contributed by atoms with van der Waals surface area (Å²) in [5.41, 5.74) is 1.35. The van der Waals surface area contributed by atoms with Gasteiger partial charge in [-0.3, -0.25) is 13.9 Å². The molecule has 0 fully saturated rings. The van der Waals surface area contributed by atoms with E-state index in [4.69, 9.17) is 0 Å². The zero-order valence-electron chi connectivity index (χ0n) is 19.8. The van der Waals surface area contributed by atoms with E-state index in [2.05, 4.69) is 21.2 Å². The molecule has 2 rings (SSSR count). The van der Waals surface area contributed by atoms with E-state index in [9.17, 15) is 22.4 Å². The van der Waals surface area contributed by atoms with Crippen LogP contribution in [0.25, 0.3) is 0 Å². The molecule has 10 heteroatoms. The highest BCUT2D eigenvalue weighted by atomic mass is 79.9. The van der Waals surface area contributed by atoms with E-state index in [-0.39, 0.29) is 18.0 Å². The van der Waals surface area contributed by atoms with E-state index in [0.29, 0.717) is 12.2 Å². The first-order valence-corrected chi connectivity index (χ1v) is 13.6. The first-order valence-electron chi connectivity index (χ1n) is 11.0. The number of amides is 2. The number of aryl methyl sites for hydroxylation is 1. The van der Waals surface area contributed by atoms with Gasteiger partial charge in [-0.15, -0.1) is 0 Å². The lowest BCUT2D eigenvalue weighted by Crippen LogP contribution is -2.51. The summed E-state index contributed by atoms with van der Waals surface area (Å²) in [5.74, 6) is -1.52. The highest BCUT2D eigenvalue weighted by Crippen LogP contribution is 2.25. The summed E-state index contributed by atoms with van der Waals surface area (Å²) >= 11 is 3.38. The minimum Gasteiger partial charge on any atom is -0.354 e. The number of halogens is 2.